The van der Waals surface area contributed by atoms with Gasteiger partial charge in [0.25, 0.3) is 5.91 Å². The van der Waals surface area contributed by atoms with E-state index in [1.807, 2.05) is 25.1 Å². The number of amides is 1. The highest BCUT2D eigenvalue weighted by molar-refractivity contribution is 6.06. The van der Waals surface area contributed by atoms with Gasteiger partial charge in [-0.1, -0.05) is 13.8 Å². The summed E-state index contributed by atoms with van der Waals surface area (Å²) in [6.07, 6.45) is 2.35. The highest BCUT2D eigenvalue weighted by Crippen LogP contribution is 2.36. The minimum absolute atomic E-state index is 0.0545. The lowest BCUT2D eigenvalue weighted by atomic mass is 9.93. The van der Waals surface area contributed by atoms with Crippen LogP contribution in [0, 0.1) is 5.92 Å². The van der Waals surface area contributed by atoms with Gasteiger partial charge in [-0.25, -0.2) is 9.48 Å². The standard InChI is InChI=1S/C20H22N6O3/c1-10(2)6-16-18(11(3)22-17-8-15(20(28)29)25-26(16)17)19(27)23-13-4-5-14-12(7-13)9-21-24-14/h4-5,7-10,16,22H,6H2,1-3H3,(H,21,24)(H,23,27)(H,28,29). The van der Waals surface area contributed by atoms with E-state index in [0.29, 0.717) is 29.2 Å². The molecule has 1 aliphatic heterocycles. The van der Waals surface area contributed by atoms with Gasteiger partial charge >= 0.3 is 5.97 Å². The third kappa shape index (κ3) is 3.46. The molecule has 1 atom stereocenters. The molecule has 2 aromatic heterocycles. The number of fused-ring (bicyclic) bond motifs is 2. The average Bonchev–Trinajstić information content (AvgIpc) is 3.27. The van der Waals surface area contributed by atoms with Crippen LogP contribution >= 0.6 is 0 Å². The van der Waals surface area contributed by atoms with E-state index in [1.54, 1.807) is 10.9 Å². The lowest BCUT2D eigenvalue weighted by Gasteiger charge is -2.30. The number of allylic oxidation sites excluding steroid dienone is 1. The van der Waals surface area contributed by atoms with E-state index in [0.717, 1.165) is 10.9 Å². The third-order valence-electron chi connectivity index (χ3n) is 4.94. The molecule has 4 N–H and O–H groups in total. The molecule has 0 saturated carbocycles. The zero-order valence-electron chi connectivity index (χ0n) is 16.4. The Bertz CT molecular complexity index is 1140. The number of carboxylic acid groups (broad SMARTS) is 1. The Morgan fingerprint density at radius 2 is 2.10 bits per heavy atom. The summed E-state index contributed by atoms with van der Waals surface area (Å²) in [4.78, 5) is 24.6. The van der Waals surface area contributed by atoms with Crippen LogP contribution in [-0.2, 0) is 4.79 Å². The van der Waals surface area contributed by atoms with Crippen LogP contribution in [0.3, 0.4) is 0 Å². The molecular formula is C20H22N6O3. The van der Waals surface area contributed by atoms with Crippen LogP contribution < -0.4 is 10.6 Å². The van der Waals surface area contributed by atoms with Crippen LogP contribution in [0.5, 0.6) is 0 Å². The quantitative estimate of drug-likeness (QED) is 0.526. The van der Waals surface area contributed by atoms with E-state index in [9.17, 15) is 14.7 Å². The van der Waals surface area contributed by atoms with Gasteiger partial charge in [-0.2, -0.15) is 10.2 Å². The Labute approximate surface area is 166 Å². The normalized spacial score (nSPS) is 16.1. The van der Waals surface area contributed by atoms with Crippen molar-refractivity contribution in [3.05, 3.63) is 47.4 Å². The van der Waals surface area contributed by atoms with Crippen LogP contribution in [0.15, 0.2) is 41.7 Å². The van der Waals surface area contributed by atoms with Gasteiger partial charge in [-0.05, 0) is 37.5 Å². The molecule has 0 spiro atoms. The topological polar surface area (TPSA) is 125 Å². The molecule has 1 amide bonds. The molecule has 1 aliphatic rings. The average molecular weight is 394 g/mol. The van der Waals surface area contributed by atoms with Crippen LogP contribution in [0.1, 0.15) is 43.7 Å². The number of aromatic amines is 1. The van der Waals surface area contributed by atoms with Gasteiger partial charge in [0.1, 0.15) is 5.82 Å². The summed E-state index contributed by atoms with van der Waals surface area (Å²) in [5, 5.41) is 27.4. The molecule has 0 saturated heterocycles. The van der Waals surface area contributed by atoms with Gasteiger partial charge in [0.15, 0.2) is 5.69 Å². The summed E-state index contributed by atoms with van der Waals surface area (Å²) in [6, 6.07) is 6.64. The van der Waals surface area contributed by atoms with Crippen molar-refractivity contribution in [1.82, 2.24) is 20.0 Å². The van der Waals surface area contributed by atoms with Crippen molar-refractivity contribution in [2.24, 2.45) is 5.92 Å². The minimum atomic E-state index is -1.10. The van der Waals surface area contributed by atoms with Crippen LogP contribution in [-0.4, -0.2) is 37.0 Å². The number of benzene rings is 1. The van der Waals surface area contributed by atoms with Crippen molar-refractivity contribution in [2.75, 3.05) is 10.6 Å². The van der Waals surface area contributed by atoms with Crippen molar-refractivity contribution in [2.45, 2.75) is 33.2 Å². The van der Waals surface area contributed by atoms with Gasteiger partial charge in [0.2, 0.25) is 0 Å². The van der Waals surface area contributed by atoms with Crippen molar-refractivity contribution >= 4 is 34.3 Å². The number of aromatic carboxylic acids is 1. The molecule has 9 nitrogen and oxygen atoms in total. The number of aromatic nitrogens is 4. The van der Waals surface area contributed by atoms with E-state index in [2.05, 4.69) is 39.8 Å². The number of rotatable bonds is 5. The van der Waals surface area contributed by atoms with Gasteiger partial charge in [0.05, 0.1) is 23.3 Å². The maximum Gasteiger partial charge on any atom is 0.356 e. The van der Waals surface area contributed by atoms with Crippen LogP contribution in [0.25, 0.3) is 10.9 Å². The number of hydrogen-bond donors (Lipinski definition) is 4. The molecular weight excluding hydrogens is 372 g/mol. The number of carbonyl (C=O) groups excluding carboxylic acids is 1. The molecule has 0 fully saturated rings. The lowest BCUT2D eigenvalue weighted by molar-refractivity contribution is -0.113. The summed E-state index contributed by atoms with van der Waals surface area (Å²) in [6.45, 7) is 5.93. The molecule has 0 bridgehead atoms. The Kier molecular flexibility index (Phi) is 4.57. The first-order valence-electron chi connectivity index (χ1n) is 9.38. The second-order valence-electron chi connectivity index (χ2n) is 7.60. The number of anilines is 2. The molecule has 29 heavy (non-hydrogen) atoms. The molecule has 0 radical (unpaired) electrons. The smallest absolute Gasteiger partial charge is 0.356 e. The maximum atomic E-state index is 13.2. The fraction of sp³-hybridized carbons (Fsp3) is 0.300. The first-order valence-corrected chi connectivity index (χ1v) is 9.38. The van der Waals surface area contributed by atoms with Crippen molar-refractivity contribution in [1.29, 1.82) is 0 Å². The summed E-state index contributed by atoms with van der Waals surface area (Å²) in [5.74, 6) is -0.501. The Hall–Kier alpha value is -3.62. The fourth-order valence-corrected chi connectivity index (χ4v) is 3.67. The number of hydrogen-bond acceptors (Lipinski definition) is 5. The molecule has 3 heterocycles. The van der Waals surface area contributed by atoms with Crippen molar-refractivity contribution in [3.63, 3.8) is 0 Å². The monoisotopic (exact) mass is 394 g/mol. The maximum absolute atomic E-state index is 13.2. The van der Waals surface area contributed by atoms with Gasteiger partial charge in [-0.15, -0.1) is 0 Å². The van der Waals surface area contributed by atoms with Crippen molar-refractivity contribution in [3.8, 4) is 0 Å². The minimum Gasteiger partial charge on any atom is -0.476 e. The molecule has 3 aromatic rings. The number of H-pyrrole nitrogens is 1. The highest BCUT2D eigenvalue weighted by atomic mass is 16.4. The van der Waals surface area contributed by atoms with Crippen LogP contribution in [0.4, 0.5) is 11.5 Å². The molecule has 9 heteroatoms. The molecule has 1 aromatic carbocycles. The van der Waals surface area contributed by atoms with E-state index in [4.69, 9.17) is 0 Å². The highest BCUT2D eigenvalue weighted by Gasteiger charge is 2.33. The second kappa shape index (κ2) is 7.08. The van der Waals surface area contributed by atoms with E-state index in [-0.39, 0.29) is 23.6 Å². The number of carbonyl (C=O) groups is 2. The zero-order chi connectivity index (χ0) is 20.7. The van der Waals surface area contributed by atoms with Gasteiger partial charge in [0, 0.05) is 22.8 Å². The van der Waals surface area contributed by atoms with E-state index in [1.165, 1.54) is 6.07 Å². The van der Waals surface area contributed by atoms with Gasteiger partial charge in [-0.3, -0.25) is 9.89 Å². The Balaban J connectivity index is 1.68. The SMILES string of the molecule is CC1=C(C(=O)Nc2ccc3[nH]ncc3c2)C(CC(C)C)n2nc(C(=O)O)cc2N1. The van der Waals surface area contributed by atoms with Crippen molar-refractivity contribution < 1.29 is 14.7 Å². The van der Waals surface area contributed by atoms with Crippen LogP contribution in [0.2, 0.25) is 0 Å². The summed E-state index contributed by atoms with van der Waals surface area (Å²) >= 11 is 0. The first-order chi connectivity index (χ1) is 13.8. The molecule has 1 unspecified atom stereocenters. The van der Waals surface area contributed by atoms with E-state index < -0.39 is 5.97 Å². The summed E-state index contributed by atoms with van der Waals surface area (Å²) < 4.78 is 1.60. The predicted octanol–water partition coefficient (Wildman–Crippen LogP) is 3.38. The largest absolute Gasteiger partial charge is 0.476 e. The molecule has 150 valence electrons. The summed E-state index contributed by atoms with van der Waals surface area (Å²) in [7, 11) is 0. The zero-order valence-corrected chi connectivity index (χ0v) is 16.4. The number of nitrogens with zero attached hydrogens (tertiary/aromatic N) is 3. The lowest BCUT2D eigenvalue weighted by Crippen LogP contribution is -2.31. The van der Waals surface area contributed by atoms with E-state index >= 15 is 0 Å². The Morgan fingerprint density at radius 1 is 1.31 bits per heavy atom. The molecule has 4 rings (SSSR count). The number of carboxylic acids is 1. The first kappa shape index (κ1) is 18.7. The predicted molar refractivity (Wildman–Crippen MR) is 109 cm³/mol. The summed E-state index contributed by atoms with van der Waals surface area (Å²) in [5.41, 5.74) is 2.71. The Morgan fingerprint density at radius 3 is 2.83 bits per heavy atom. The fourth-order valence-electron chi connectivity index (χ4n) is 3.67. The second-order valence-corrected chi connectivity index (χ2v) is 7.60. The molecule has 0 aliphatic carbocycles. The van der Waals surface area contributed by atoms with Gasteiger partial charge < -0.3 is 15.7 Å². The third-order valence-corrected chi connectivity index (χ3v) is 4.94. The number of nitrogens with one attached hydrogen (secondary N) is 3.